The Kier molecular flexibility index (Phi) is 3.93. The maximum atomic E-state index is 12.5. The second-order valence-electron chi connectivity index (χ2n) is 4.91. The van der Waals surface area contributed by atoms with Crippen molar-refractivity contribution in [3.05, 3.63) is 0 Å². The number of nitrogens with zero attached hydrogens (tertiary/aromatic N) is 1. The number of sulfonamides is 1. The quantitative estimate of drug-likeness (QED) is 0.809. The number of carboxylic acids is 1. The molecule has 0 aromatic rings. The Morgan fingerprint density at radius 2 is 2.06 bits per heavy atom. The predicted octanol–water partition coefficient (Wildman–Crippen LogP) is 0.433. The molecule has 18 heavy (non-hydrogen) atoms. The summed E-state index contributed by atoms with van der Waals surface area (Å²) in [7, 11) is -3.58. The van der Waals surface area contributed by atoms with Gasteiger partial charge in [-0.25, -0.2) is 8.42 Å². The molecule has 6 nitrogen and oxygen atoms in total. The molecule has 0 saturated carbocycles. The minimum Gasteiger partial charge on any atom is -0.480 e. The van der Waals surface area contributed by atoms with Gasteiger partial charge in [-0.15, -0.1) is 0 Å². The molecule has 1 N–H and O–H groups in total. The number of hydrogen-bond donors (Lipinski definition) is 1. The van der Waals surface area contributed by atoms with Crippen molar-refractivity contribution in [1.29, 1.82) is 0 Å². The van der Waals surface area contributed by atoms with Crippen LogP contribution in [0.2, 0.25) is 0 Å². The largest absolute Gasteiger partial charge is 0.480 e. The molecule has 0 aromatic heterocycles. The van der Waals surface area contributed by atoms with Crippen LogP contribution >= 0.6 is 0 Å². The second kappa shape index (κ2) is 5.14. The van der Waals surface area contributed by atoms with Crippen LogP contribution < -0.4 is 0 Å². The molecule has 2 heterocycles. The third-order valence-corrected chi connectivity index (χ3v) is 6.23. The highest BCUT2D eigenvalue weighted by Crippen LogP contribution is 2.29. The van der Waals surface area contributed by atoms with Crippen molar-refractivity contribution in [2.75, 3.05) is 13.2 Å². The van der Waals surface area contributed by atoms with Crippen molar-refractivity contribution in [3.8, 4) is 0 Å². The van der Waals surface area contributed by atoms with E-state index in [2.05, 4.69) is 0 Å². The van der Waals surface area contributed by atoms with Crippen molar-refractivity contribution >= 4 is 16.0 Å². The molecular weight excluding hydrogens is 258 g/mol. The predicted molar refractivity (Wildman–Crippen MR) is 64.7 cm³/mol. The van der Waals surface area contributed by atoms with Crippen LogP contribution in [0.5, 0.6) is 0 Å². The van der Waals surface area contributed by atoms with Gasteiger partial charge in [0.15, 0.2) is 0 Å². The standard InChI is InChI=1S/C11H19NO5S/c1-8-10(5-7-17-8)18(15,16)12-6-3-2-4-9(12)11(13)14/h8-10H,2-7H2,1H3,(H,13,14). The van der Waals surface area contributed by atoms with Gasteiger partial charge in [-0.05, 0) is 32.6 Å². The second-order valence-corrected chi connectivity index (χ2v) is 7.01. The van der Waals surface area contributed by atoms with Crippen LogP contribution in [-0.2, 0) is 19.6 Å². The van der Waals surface area contributed by atoms with Crippen molar-refractivity contribution in [1.82, 2.24) is 4.31 Å². The summed E-state index contributed by atoms with van der Waals surface area (Å²) < 4.78 is 31.5. The lowest BCUT2D eigenvalue weighted by atomic mass is 10.1. The van der Waals surface area contributed by atoms with Crippen LogP contribution in [0.15, 0.2) is 0 Å². The van der Waals surface area contributed by atoms with Gasteiger partial charge < -0.3 is 9.84 Å². The number of hydrogen-bond acceptors (Lipinski definition) is 4. The van der Waals surface area contributed by atoms with Gasteiger partial charge in [-0.1, -0.05) is 0 Å². The van der Waals surface area contributed by atoms with E-state index in [9.17, 15) is 13.2 Å². The molecule has 2 saturated heterocycles. The van der Waals surface area contributed by atoms with E-state index < -0.39 is 27.3 Å². The lowest BCUT2D eigenvalue weighted by Crippen LogP contribution is -2.52. The molecule has 3 atom stereocenters. The molecule has 2 rings (SSSR count). The van der Waals surface area contributed by atoms with E-state index in [0.717, 1.165) is 12.8 Å². The number of carboxylic acid groups (broad SMARTS) is 1. The third-order valence-electron chi connectivity index (χ3n) is 3.75. The van der Waals surface area contributed by atoms with Crippen LogP contribution in [0, 0.1) is 0 Å². The Morgan fingerprint density at radius 1 is 1.33 bits per heavy atom. The summed E-state index contributed by atoms with van der Waals surface area (Å²) >= 11 is 0. The highest BCUT2D eigenvalue weighted by Gasteiger charge is 2.44. The van der Waals surface area contributed by atoms with E-state index in [0.29, 0.717) is 26.0 Å². The summed E-state index contributed by atoms with van der Waals surface area (Å²) in [6, 6.07) is -0.906. The molecule has 2 aliphatic heterocycles. The average molecular weight is 277 g/mol. The molecule has 0 aliphatic carbocycles. The fourth-order valence-corrected chi connectivity index (χ4v) is 4.97. The maximum Gasteiger partial charge on any atom is 0.322 e. The van der Waals surface area contributed by atoms with E-state index in [1.165, 1.54) is 4.31 Å². The molecule has 7 heteroatoms. The van der Waals surface area contributed by atoms with Gasteiger partial charge in [0.25, 0.3) is 0 Å². The third kappa shape index (κ3) is 2.39. The number of carbonyl (C=O) groups is 1. The number of piperidine rings is 1. The normalized spacial score (nSPS) is 34.6. The van der Waals surface area contributed by atoms with Gasteiger partial charge in [-0.3, -0.25) is 4.79 Å². The van der Waals surface area contributed by atoms with E-state index >= 15 is 0 Å². The van der Waals surface area contributed by atoms with Crippen LogP contribution in [0.1, 0.15) is 32.6 Å². The van der Waals surface area contributed by atoms with Gasteiger partial charge in [0.05, 0.1) is 6.10 Å². The van der Waals surface area contributed by atoms with Crippen LogP contribution in [0.3, 0.4) is 0 Å². The van der Waals surface area contributed by atoms with Crippen molar-refractivity contribution in [3.63, 3.8) is 0 Å². The topological polar surface area (TPSA) is 83.9 Å². The van der Waals surface area contributed by atoms with Crippen LogP contribution in [0.4, 0.5) is 0 Å². The zero-order valence-electron chi connectivity index (χ0n) is 10.4. The number of rotatable bonds is 3. The van der Waals surface area contributed by atoms with Crippen LogP contribution in [-0.4, -0.2) is 54.3 Å². The smallest absolute Gasteiger partial charge is 0.322 e. The first-order chi connectivity index (χ1) is 8.44. The fourth-order valence-electron chi connectivity index (χ4n) is 2.73. The van der Waals surface area contributed by atoms with Crippen molar-refractivity contribution in [2.24, 2.45) is 0 Å². The Hall–Kier alpha value is -0.660. The van der Waals surface area contributed by atoms with Crippen molar-refractivity contribution in [2.45, 2.75) is 50.0 Å². The average Bonchev–Trinajstić information content (AvgIpc) is 2.76. The Morgan fingerprint density at radius 3 is 2.61 bits per heavy atom. The first-order valence-corrected chi connectivity index (χ1v) is 7.80. The lowest BCUT2D eigenvalue weighted by molar-refractivity contribution is -0.142. The highest BCUT2D eigenvalue weighted by atomic mass is 32.2. The minimum atomic E-state index is -3.58. The SMILES string of the molecule is CC1OCCC1S(=O)(=O)N1CCCCC1C(=O)O. The summed E-state index contributed by atoms with van der Waals surface area (Å²) in [4.78, 5) is 11.2. The van der Waals surface area contributed by atoms with Gasteiger partial charge in [0, 0.05) is 13.2 Å². The molecule has 2 aliphatic rings. The number of ether oxygens (including phenoxy) is 1. The summed E-state index contributed by atoms with van der Waals surface area (Å²) in [6.45, 7) is 2.47. The van der Waals surface area contributed by atoms with Crippen LogP contribution in [0.25, 0.3) is 0 Å². The summed E-state index contributed by atoms with van der Waals surface area (Å²) in [5.41, 5.74) is 0. The van der Waals surface area contributed by atoms with Gasteiger partial charge >= 0.3 is 5.97 Å². The highest BCUT2D eigenvalue weighted by molar-refractivity contribution is 7.89. The Balaban J connectivity index is 2.24. The van der Waals surface area contributed by atoms with Crippen molar-refractivity contribution < 1.29 is 23.1 Å². The molecule has 0 amide bonds. The zero-order chi connectivity index (χ0) is 13.3. The summed E-state index contributed by atoms with van der Waals surface area (Å²) in [6.07, 6.45) is 1.99. The van der Waals surface area contributed by atoms with E-state index in [4.69, 9.17) is 9.84 Å². The fraction of sp³-hybridized carbons (Fsp3) is 0.909. The number of aliphatic carboxylic acids is 1. The molecule has 0 radical (unpaired) electrons. The zero-order valence-corrected chi connectivity index (χ0v) is 11.2. The molecule has 0 bridgehead atoms. The van der Waals surface area contributed by atoms with Gasteiger partial charge in [-0.2, -0.15) is 4.31 Å². The molecular formula is C11H19NO5S. The molecule has 2 fully saturated rings. The van der Waals surface area contributed by atoms with E-state index in [1.807, 2.05) is 0 Å². The van der Waals surface area contributed by atoms with E-state index in [-0.39, 0.29) is 6.10 Å². The first kappa shape index (κ1) is 13.8. The maximum absolute atomic E-state index is 12.5. The first-order valence-electron chi connectivity index (χ1n) is 6.29. The minimum absolute atomic E-state index is 0.308. The molecule has 0 spiro atoms. The van der Waals surface area contributed by atoms with Gasteiger partial charge in [0.1, 0.15) is 11.3 Å². The monoisotopic (exact) mass is 277 g/mol. The Bertz CT molecular complexity index is 421. The summed E-state index contributed by atoms with van der Waals surface area (Å²) in [5, 5.41) is 8.54. The van der Waals surface area contributed by atoms with Gasteiger partial charge in [0.2, 0.25) is 10.0 Å². The molecule has 3 unspecified atom stereocenters. The molecule has 104 valence electrons. The lowest BCUT2D eigenvalue weighted by Gasteiger charge is -2.34. The van der Waals surface area contributed by atoms with E-state index in [1.54, 1.807) is 6.92 Å². The molecule has 0 aromatic carbocycles. The Labute approximate surface area is 107 Å². The summed E-state index contributed by atoms with van der Waals surface area (Å²) in [5.74, 6) is -1.05.